The van der Waals surface area contributed by atoms with E-state index >= 15 is 0 Å². The van der Waals surface area contributed by atoms with Gasteiger partial charge in [0.2, 0.25) is 5.91 Å². The van der Waals surface area contributed by atoms with E-state index in [-0.39, 0.29) is 17.2 Å². The highest BCUT2D eigenvalue weighted by Crippen LogP contribution is 2.60. The molecule has 5 heteroatoms. The van der Waals surface area contributed by atoms with Crippen LogP contribution in [0.1, 0.15) is 30.0 Å². The number of nitrogens with one attached hydrogen (secondary N) is 1. The van der Waals surface area contributed by atoms with E-state index in [2.05, 4.69) is 5.32 Å². The number of aliphatic carboxylic acids is 1. The number of para-hydroxylation sites is 1. The second kappa shape index (κ2) is 5.92. The summed E-state index contributed by atoms with van der Waals surface area (Å²) in [7, 11) is 0. The molecule has 3 atom stereocenters. The highest BCUT2D eigenvalue weighted by molar-refractivity contribution is 5.89. The highest BCUT2D eigenvalue weighted by atomic mass is 16.5. The van der Waals surface area contributed by atoms with E-state index < -0.39 is 12.0 Å². The van der Waals surface area contributed by atoms with Crippen molar-refractivity contribution in [2.75, 3.05) is 6.61 Å². The average Bonchev–Trinajstić information content (AvgIpc) is 3.35. The number of benzene rings is 2. The van der Waals surface area contributed by atoms with Gasteiger partial charge in [-0.25, -0.2) is 4.79 Å². The topological polar surface area (TPSA) is 75.6 Å². The summed E-state index contributed by atoms with van der Waals surface area (Å²) in [6.45, 7) is 0.585. The van der Waals surface area contributed by atoms with Gasteiger partial charge in [0, 0.05) is 16.9 Å². The van der Waals surface area contributed by atoms with Crippen molar-refractivity contribution in [2.45, 2.75) is 24.3 Å². The summed E-state index contributed by atoms with van der Waals surface area (Å²) < 4.78 is 5.69. The predicted octanol–water partition coefficient (Wildman–Crippen LogP) is 2.67. The van der Waals surface area contributed by atoms with E-state index in [1.165, 1.54) is 0 Å². The van der Waals surface area contributed by atoms with Crippen LogP contribution in [0.15, 0.2) is 54.6 Å². The molecule has 0 aromatic heterocycles. The molecule has 2 aliphatic rings. The number of rotatable bonds is 4. The molecule has 4 rings (SSSR count). The van der Waals surface area contributed by atoms with Crippen LogP contribution in [-0.4, -0.2) is 23.6 Å². The van der Waals surface area contributed by atoms with Gasteiger partial charge in [-0.3, -0.25) is 4.79 Å². The van der Waals surface area contributed by atoms with Gasteiger partial charge in [-0.15, -0.1) is 0 Å². The Balaban J connectivity index is 1.55. The fourth-order valence-corrected chi connectivity index (χ4v) is 3.88. The molecule has 0 unspecified atom stereocenters. The van der Waals surface area contributed by atoms with E-state index in [9.17, 15) is 14.7 Å². The number of carboxylic acid groups (broad SMARTS) is 1. The highest BCUT2D eigenvalue weighted by Gasteiger charge is 2.61. The number of fused-ring (bicyclic) bond motifs is 2. The van der Waals surface area contributed by atoms with Crippen LogP contribution in [0.25, 0.3) is 0 Å². The van der Waals surface area contributed by atoms with Gasteiger partial charge in [0.1, 0.15) is 5.75 Å². The number of carbonyl (C=O) groups is 2. The maximum atomic E-state index is 12.8. The molecule has 1 spiro atoms. The van der Waals surface area contributed by atoms with E-state index in [0.717, 1.165) is 24.2 Å². The van der Waals surface area contributed by atoms with Crippen molar-refractivity contribution in [3.63, 3.8) is 0 Å². The normalized spacial score (nSPS) is 24.7. The molecule has 2 aromatic rings. The molecule has 0 radical (unpaired) electrons. The fraction of sp³-hybridized carbons (Fsp3) is 0.300. The summed E-state index contributed by atoms with van der Waals surface area (Å²) in [5.74, 6) is -0.625. The number of ether oxygens (including phenoxy) is 1. The molecular weight excluding hydrogens is 318 g/mol. The Labute approximate surface area is 145 Å². The SMILES string of the molecule is O=C(O)[C@@H](NC(=O)[C@@H]1C[C@]12CCOc1ccccc12)c1ccccc1. The van der Waals surface area contributed by atoms with Gasteiger partial charge < -0.3 is 15.2 Å². The molecule has 1 amide bonds. The number of carbonyl (C=O) groups excluding carboxylic acids is 1. The Hall–Kier alpha value is -2.82. The minimum absolute atomic E-state index is 0.201. The van der Waals surface area contributed by atoms with Crippen molar-refractivity contribution < 1.29 is 19.4 Å². The number of hydrogen-bond acceptors (Lipinski definition) is 3. The van der Waals surface area contributed by atoms with Crippen molar-refractivity contribution in [1.29, 1.82) is 0 Å². The van der Waals surface area contributed by atoms with Crippen molar-refractivity contribution in [2.24, 2.45) is 5.92 Å². The molecule has 2 N–H and O–H groups in total. The van der Waals surface area contributed by atoms with Crippen LogP contribution >= 0.6 is 0 Å². The number of carboxylic acids is 1. The lowest BCUT2D eigenvalue weighted by Gasteiger charge is -2.27. The zero-order chi connectivity index (χ0) is 17.4. The Bertz CT molecular complexity index is 819. The van der Waals surface area contributed by atoms with Crippen molar-refractivity contribution in [3.05, 3.63) is 65.7 Å². The van der Waals surface area contributed by atoms with E-state index in [1.807, 2.05) is 30.3 Å². The molecule has 0 bridgehead atoms. The molecule has 1 aliphatic heterocycles. The summed E-state index contributed by atoms with van der Waals surface area (Å²) in [5.41, 5.74) is 1.43. The van der Waals surface area contributed by atoms with Crippen LogP contribution in [0.3, 0.4) is 0 Å². The average molecular weight is 337 g/mol. The lowest BCUT2D eigenvalue weighted by atomic mass is 9.87. The van der Waals surface area contributed by atoms with Gasteiger partial charge in [-0.2, -0.15) is 0 Å². The Morgan fingerprint density at radius 1 is 1.12 bits per heavy atom. The minimum atomic E-state index is -1.05. The third-order valence-corrected chi connectivity index (χ3v) is 5.29. The molecule has 1 saturated carbocycles. The van der Waals surface area contributed by atoms with Gasteiger partial charge in [-0.05, 0) is 24.5 Å². The van der Waals surface area contributed by atoms with Crippen molar-refractivity contribution >= 4 is 11.9 Å². The zero-order valence-corrected chi connectivity index (χ0v) is 13.6. The van der Waals surface area contributed by atoms with Crippen LogP contribution in [0.4, 0.5) is 0 Å². The van der Waals surface area contributed by atoms with Crippen LogP contribution in [-0.2, 0) is 15.0 Å². The Morgan fingerprint density at radius 3 is 2.60 bits per heavy atom. The predicted molar refractivity (Wildman–Crippen MR) is 91.3 cm³/mol. The summed E-state index contributed by atoms with van der Waals surface area (Å²) in [4.78, 5) is 24.4. The molecule has 2 aromatic carbocycles. The molecule has 128 valence electrons. The molecule has 25 heavy (non-hydrogen) atoms. The van der Waals surface area contributed by atoms with E-state index in [4.69, 9.17) is 4.74 Å². The Kier molecular flexibility index (Phi) is 3.71. The van der Waals surface area contributed by atoms with Crippen LogP contribution in [0.5, 0.6) is 5.75 Å². The van der Waals surface area contributed by atoms with Crippen molar-refractivity contribution in [1.82, 2.24) is 5.32 Å². The Morgan fingerprint density at radius 2 is 1.84 bits per heavy atom. The summed E-state index contributed by atoms with van der Waals surface area (Å²) >= 11 is 0. The third-order valence-electron chi connectivity index (χ3n) is 5.29. The smallest absolute Gasteiger partial charge is 0.330 e. The summed E-state index contributed by atoms with van der Waals surface area (Å²) in [6.07, 6.45) is 1.52. The monoisotopic (exact) mass is 337 g/mol. The lowest BCUT2D eigenvalue weighted by Crippen LogP contribution is -2.37. The van der Waals surface area contributed by atoms with Gasteiger partial charge >= 0.3 is 5.97 Å². The molecule has 1 fully saturated rings. The number of hydrogen-bond donors (Lipinski definition) is 2. The minimum Gasteiger partial charge on any atom is -0.493 e. The largest absolute Gasteiger partial charge is 0.493 e. The molecular formula is C20H19NO4. The first-order valence-corrected chi connectivity index (χ1v) is 8.42. The molecule has 1 aliphatic carbocycles. The van der Waals surface area contributed by atoms with Gasteiger partial charge in [0.15, 0.2) is 6.04 Å². The lowest BCUT2D eigenvalue weighted by molar-refractivity contribution is -0.142. The zero-order valence-electron chi connectivity index (χ0n) is 13.6. The second-order valence-corrected chi connectivity index (χ2v) is 6.70. The molecule has 5 nitrogen and oxygen atoms in total. The fourth-order valence-electron chi connectivity index (χ4n) is 3.88. The second-order valence-electron chi connectivity index (χ2n) is 6.70. The first kappa shape index (κ1) is 15.7. The van der Waals surface area contributed by atoms with E-state index in [1.54, 1.807) is 24.3 Å². The first-order chi connectivity index (χ1) is 12.1. The van der Waals surface area contributed by atoms with Gasteiger partial charge in [-0.1, -0.05) is 48.5 Å². The van der Waals surface area contributed by atoms with Gasteiger partial charge in [0.05, 0.1) is 6.61 Å². The quantitative estimate of drug-likeness (QED) is 0.899. The summed E-state index contributed by atoms with van der Waals surface area (Å²) in [6, 6.07) is 15.6. The third kappa shape index (κ3) is 2.65. The standard InChI is InChI=1S/C20H19NO4/c22-18(21-17(19(23)24)13-6-2-1-3-7-13)15-12-20(15)10-11-25-16-9-5-4-8-14(16)20/h1-9,15,17H,10-12H2,(H,21,22)(H,23,24)/t15-,17-,20-/m0/s1. The maximum Gasteiger partial charge on any atom is 0.330 e. The maximum absolute atomic E-state index is 12.8. The van der Waals surface area contributed by atoms with Crippen LogP contribution in [0.2, 0.25) is 0 Å². The number of amides is 1. The first-order valence-electron chi connectivity index (χ1n) is 8.42. The summed E-state index contributed by atoms with van der Waals surface area (Å²) in [5, 5.41) is 12.2. The van der Waals surface area contributed by atoms with Crippen molar-refractivity contribution in [3.8, 4) is 5.75 Å². The molecule has 1 heterocycles. The van der Waals surface area contributed by atoms with Crippen LogP contribution < -0.4 is 10.1 Å². The van der Waals surface area contributed by atoms with E-state index in [0.29, 0.717) is 12.2 Å². The van der Waals surface area contributed by atoms with Gasteiger partial charge in [0.25, 0.3) is 0 Å². The molecule has 0 saturated heterocycles. The van der Waals surface area contributed by atoms with Crippen LogP contribution in [0, 0.1) is 5.92 Å².